The number of para-hydroxylation sites is 1. The topological polar surface area (TPSA) is 51.2 Å². The molecule has 0 fully saturated rings. The smallest absolute Gasteiger partial charge is 0.226 e. The fraction of sp³-hybridized carbons (Fsp3) is 0.130. The van der Waals surface area contributed by atoms with Crippen molar-refractivity contribution in [3.63, 3.8) is 0 Å². The quantitative estimate of drug-likeness (QED) is 0.426. The summed E-state index contributed by atoms with van der Waals surface area (Å²) in [5.74, 6) is 1.66. The molecule has 4 rings (SSSR count). The number of anilines is 1. The highest BCUT2D eigenvalue weighted by atomic mass is 32.1. The molecule has 1 amide bonds. The maximum atomic E-state index is 12.4. The first kappa shape index (κ1) is 18.2. The Morgan fingerprint density at radius 1 is 1.00 bits per heavy atom. The highest BCUT2D eigenvalue weighted by Crippen LogP contribution is 2.31. The molecule has 1 heterocycles. The van der Waals surface area contributed by atoms with Gasteiger partial charge in [0.1, 0.15) is 11.5 Å². The second kappa shape index (κ2) is 8.23. The van der Waals surface area contributed by atoms with Crippen LogP contribution in [0.15, 0.2) is 78.9 Å². The van der Waals surface area contributed by atoms with Gasteiger partial charge in [-0.05, 0) is 35.7 Å². The summed E-state index contributed by atoms with van der Waals surface area (Å²) < 4.78 is 6.84. The lowest BCUT2D eigenvalue weighted by Crippen LogP contribution is -2.14. The van der Waals surface area contributed by atoms with Gasteiger partial charge in [-0.1, -0.05) is 66.8 Å². The number of hydrogen-bond donors (Lipinski definition) is 1. The van der Waals surface area contributed by atoms with Crippen LogP contribution in [-0.4, -0.2) is 10.9 Å². The van der Waals surface area contributed by atoms with Crippen molar-refractivity contribution < 1.29 is 9.53 Å². The van der Waals surface area contributed by atoms with Crippen LogP contribution < -0.4 is 10.1 Å². The maximum absolute atomic E-state index is 12.4. The molecule has 0 aliphatic carbocycles. The predicted octanol–water partition coefficient (Wildman–Crippen LogP) is 6.22. The fourth-order valence-electron chi connectivity index (χ4n) is 2.99. The number of nitrogens with one attached hydrogen (secondary N) is 1. The maximum Gasteiger partial charge on any atom is 0.226 e. The molecule has 4 aromatic rings. The van der Waals surface area contributed by atoms with Crippen LogP contribution in [-0.2, 0) is 4.79 Å². The van der Waals surface area contributed by atoms with Gasteiger partial charge in [-0.2, -0.15) is 0 Å². The van der Waals surface area contributed by atoms with Crippen LogP contribution >= 0.6 is 11.3 Å². The van der Waals surface area contributed by atoms with Crippen LogP contribution in [0.3, 0.4) is 0 Å². The van der Waals surface area contributed by atoms with Crippen LogP contribution in [0.2, 0.25) is 0 Å². The average Bonchev–Trinajstić information content (AvgIpc) is 3.10. The van der Waals surface area contributed by atoms with Gasteiger partial charge < -0.3 is 10.1 Å². The molecule has 3 aromatic carbocycles. The van der Waals surface area contributed by atoms with E-state index in [9.17, 15) is 4.79 Å². The Kier molecular flexibility index (Phi) is 5.35. The zero-order valence-electron chi connectivity index (χ0n) is 15.5. The summed E-state index contributed by atoms with van der Waals surface area (Å²) in [6.45, 7) is 2.06. The third kappa shape index (κ3) is 4.38. The van der Waals surface area contributed by atoms with Gasteiger partial charge in [-0.3, -0.25) is 4.79 Å². The molecule has 0 spiro atoms. The number of ether oxygens (including phenoxy) is 1. The number of carbonyl (C=O) groups excluding carboxylic acids is 1. The van der Waals surface area contributed by atoms with Crippen LogP contribution in [0.25, 0.3) is 10.2 Å². The first-order valence-electron chi connectivity index (χ1n) is 9.16. The normalized spacial score (nSPS) is 11.9. The number of hydrogen-bond acceptors (Lipinski definition) is 4. The zero-order valence-corrected chi connectivity index (χ0v) is 16.3. The van der Waals surface area contributed by atoms with Gasteiger partial charge in [-0.15, -0.1) is 0 Å². The van der Waals surface area contributed by atoms with Gasteiger partial charge in [0.25, 0.3) is 0 Å². The third-order valence-corrected chi connectivity index (χ3v) is 5.38. The van der Waals surface area contributed by atoms with Crippen molar-refractivity contribution >= 4 is 32.6 Å². The second-order valence-electron chi connectivity index (χ2n) is 6.63. The minimum absolute atomic E-state index is 0.0313. The molecule has 0 aliphatic rings. The van der Waals surface area contributed by atoms with E-state index < -0.39 is 0 Å². The van der Waals surface area contributed by atoms with E-state index in [1.807, 2.05) is 78.9 Å². The number of rotatable bonds is 6. The van der Waals surface area contributed by atoms with Gasteiger partial charge in [0.15, 0.2) is 5.13 Å². The molecule has 0 saturated carbocycles. The first-order valence-corrected chi connectivity index (χ1v) is 9.97. The number of fused-ring (bicyclic) bond motifs is 1. The summed E-state index contributed by atoms with van der Waals surface area (Å²) in [6, 6.07) is 25.4. The standard InChI is InChI=1S/C23H20N2O2S/c1-16(17-8-4-2-5-9-17)14-22(26)25-23-24-20-13-12-19(15-21(20)28-23)27-18-10-6-3-7-11-18/h2-13,15-16H,14H2,1H3,(H,24,25,26)/t16-/m0/s1. The van der Waals surface area contributed by atoms with E-state index in [0.717, 1.165) is 27.3 Å². The highest BCUT2D eigenvalue weighted by Gasteiger charge is 2.13. The molecule has 28 heavy (non-hydrogen) atoms. The monoisotopic (exact) mass is 388 g/mol. The molecule has 0 unspecified atom stereocenters. The van der Waals surface area contributed by atoms with Crippen molar-refractivity contribution in [1.29, 1.82) is 0 Å². The van der Waals surface area contributed by atoms with Gasteiger partial charge >= 0.3 is 0 Å². The Morgan fingerprint density at radius 3 is 2.46 bits per heavy atom. The van der Waals surface area contributed by atoms with Crippen LogP contribution in [0.4, 0.5) is 5.13 Å². The molecule has 1 atom stereocenters. The van der Waals surface area contributed by atoms with E-state index in [1.54, 1.807) is 0 Å². The van der Waals surface area contributed by atoms with Crippen molar-refractivity contribution in [3.05, 3.63) is 84.4 Å². The highest BCUT2D eigenvalue weighted by molar-refractivity contribution is 7.22. The van der Waals surface area contributed by atoms with Crippen molar-refractivity contribution in [3.8, 4) is 11.5 Å². The van der Waals surface area contributed by atoms with E-state index in [0.29, 0.717) is 11.6 Å². The van der Waals surface area contributed by atoms with Crippen molar-refractivity contribution in [1.82, 2.24) is 4.98 Å². The molecule has 4 nitrogen and oxygen atoms in total. The summed E-state index contributed by atoms with van der Waals surface area (Å²) >= 11 is 1.45. The van der Waals surface area contributed by atoms with Crippen molar-refractivity contribution in [2.24, 2.45) is 0 Å². The van der Waals surface area contributed by atoms with Crippen molar-refractivity contribution in [2.75, 3.05) is 5.32 Å². The van der Waals surface area contributed by atoms with Crippen LogP contribution in [0.5, 0.6) is 11.5 Å². The molecule has 1 N–H and O–H groups in total. The van der Waals surface area contributed by atoms with Crippen LogP contribution in [0, 0.1) is 0 Å². The van der Waals surface area contributed by atoms with Gasteiger partial charge in [0, 0.05) is 12.5 Å². The number of amides is 1. The third-order valence-electron chi connectivity index (χ3n) is 4.45. The lowest BCUT2D eigenvalue weighted by molar-refractivity contribution is -0.116. The number of nitrogens with zero attached hydrogens (tertiary/aromatic N) is 1. The Labute approximate surface area is 167 Å². The Balaban J connectivity index is 1.43. The Bertz CT molecular complexity index is 1080. The lowest BCUT2D eigenvalue weighted by Gasteiger charge is -2.10. The number of benzene rings is 3. The number of carbonyl (C=O) groups is 1. The summed E-state index contributed by atoms with van der Waals surface area (Å²) in [6.07, 6.45) is 0.419. The number of thiazole rings is 1. The minimum Gasteiger partial charge on any atom is -0.457 e. The number of aromatic nitrogens is 1. The summed E-state index contributed by atoms with van der Waals surface area (Å²) in [4.78, 5) is 16.9. The fourth-order valence-corrected chi connectivity index (χ4v) is 3.90. The van der Waals surface area contributed by atoms with Gasteiger partial charge in [-0.25, -0.2) is 4.98 Å². The molecule has 0 saturated heterocycles. The second-order valence-corrected chi connectivity index (χ2v) is 7.66. The largest absolute Gasteiger partial charge is 0.457 e. The van der Waals surface area contributed by atoms with Gasteiger partial charge in [0.2, 0.25) is 5.91 Å². The lowest BCUT2D eigenvalue weighted by atomic mass is 9.98. The molecule has 140 valence electrons. The molecule has 1 aromatic heterocycles. The molecular formula is C23H20N2O2S. The molecule has 0 bridgehead atoms. The predicted molar refractivity (Wildman–Crippen MR) is 114 cm³/mol. The summed E-state index contributed by atoms with van der Waals surface area (Å²) in [5, 5.41) is 3.54. The van der Waals surface area contributed by atoms with E-state index in [4.69, 9.17) is 4.74 Å². The average molecular weight is 388 g/mol. The minimum atomic E-state index is -0.0313. The molecular weight excluding hydrogens is 368 g/mol. The van der Waals surface area contributed by atoms with Crippen molar-refractivity contribution in [2.45, 2.75) is 19.3 Å². The molecule has 5 heteroatoms. The first-order chi connectivity index (χ1) is 13.7. The van der Waals surface area contributed by atoms with E-state index >= 15 is 0 Å². The Hall–Kier alpha value is -3.18. The zero-order chi connectivity index (χ0) is 19.3. The summed E-state index contributed by atoms with van der Waals surface area (Å²) in [7, 11) is 0. The van der Waals surface area contributed by atoms with E-state index in [-0.39, 0.29) is 11.8 Å². The SMILES string of the molecule is C[C@@H](CC(=O)Nc1nc2ccc(Oc3ccccc3)cc2s1)c1ccccc1. The molecule has 0 aliphatic heterocycles. The van der Waals surface area contributed by atoms with E-state index in [1.165, 1.54) is 11.3 Å². The Morgan fingerprint density at radius 2 is 1.71 bits per heavy atom. The molecule has 0 radical (unpaired) electrons. The summed E-state index contributed by atoms with van der Waals surface area (Å²) in [5.41, 5.74) is 2.00. The van der Waals surface area contributed by atoms with Crippen LogP contribution in [0.1, 0.15) is 24.8 Å². The van der Waals surface area contributed by atoms with E-state index in [2.05, 4.69) is 17.2 Å². The van der Waals surface area contributed by atoms with Gasteiger partial charge in [0.05, 0.1) is 10.2 Å².